The van der Waals surface area contributed by atoms with Gasteiger partial charge in [-0.1, -0.05) is 31.2 Å². The number of amides is 1. The molecular weight excluding hydrogens is 386 g/mol. The number of fused-ring (bicyclic) bond motifs is 2. The van der Waals surface area contributed by atoms with Gasteiger partial charge >= 0.3 is 0 Å². The number of hydrogen-bond acceptors (Lipinski definition) is 3. The van der Waals surface area contributed by atoms with Gasteiger partial charge in [-0.2, -0.15) is 0 Å². The van der Waals surface area contributed by atoms with Crippen molar-refractivity contribution in [2.24, 2.45) is 5.92 Å². The number of benzene rings is 2. The third-order valence-electron chi connectivity index (χ3n) is 5.82. The summed E-state index contributed by atoms with van der Waals surface area (Å²) in [5, 5.41) is 4.74. The minimum absolute atomic E-state index is 0. The molecule has 6 heteroatoms. The maximum Gasteiger partial charge on any atom is 0.242 e. The van der Waals surface area contributed by atoms with Crippen LogP contribution >= 0.6 is 12.4 Å². The zero-order valence-electron chi connectivity index (χ0n) is 16.8. The molecule has 1 N–H and O–H groups in total. The molecule has 1 saturated heterocycles. The summed E-state index contributed by atoms with van der Waals surface area (Å²) < 4.78 is 2.00. The molecule has 0 radical (unpaired) electrons. The molecule has 0 aliphatic carbocycles. The van der Waals surface area contributed by atoms with Crippen LogP contribution < -0.4 is 10.7 Å². The van der Waals surface area contributed by atoms with Gasteiger partial charge in [-0.25, -0.2) is 0 Å². The lowest BCUT2D eigenvalue weighted by atomic mass is 9.96. The average molecular weight is 414 g/mol. The van der Waals surface area contributed by atoms with Crippen LogP contribution in [0.1, 0.15) is 19.8 Å². The predicted molar refractivity (Wildman–Crippen MR) is 121 cm³/mol. The molecule has 2 aromatic carbocycles. The van der Waals surface area contributed by atoms with Crippen molar-refractivity contribution in [3.8, 4) is 0 Å². The Kier molecular flexibility index (Phi) is 6.93. The van der Waals surface area contributed by atoms with Gasteiger partial charge in [-0.15, -0.1) is 12.4 Å². The van der Waals surface area contributed by atoms with Crippen molar-refractivity contribution in [1.29, 1.82) is 0 Å². The molecule has 0 bridgehead atoms. The van der Waals surface area contributed by atoms with Crippen LogP contribution in [0.2, 0.25) is 0 Å². The molecule has 0 unspecified atom stereocenters. The summed E-state index contributed by atoms with van der Waals surface area (Å²) in [6, 6.07) is 15.1. The molecule has 1 aliphatic rings. The quantitative estimate of drug-likeness (QED) is 0.652. The SMILES string of the molecule is CCNCC1CCN(C(=O)Cn2c3ccccc3c(=O)c3ccccc32)CC1.Cl. The Hall–Kier alpha value is -2.37. The second kappa shape index (κ2) is 9.42. The van der Waals surface area contributed by atoms with Crippen LogP contribution in [0.3, 0.4) is 0 Å². The van der Waals surface area contributed by atoms with Crippen LogP contribution in [-0.2, 0) is 11.3 Å². The van der Waals surface area contributed by atoms with Crippen LogP contribution in [0.15, 0.2) is 53.3 Å². The number of carbonyl (C=O) groups excluding carboxylic acids is 1. The average Bonchev–Trinajstić information content (AvgIpc) is 2.75. The minimum Gasteiger partial charge on any atom is -0.341 e. The van der Waals surface area contributed by atoms with Crippen LogP contribution in [0.25, 0.3) is 21.8 Å². The lowest BCUT2D eigenvalue weighted by Crippen LogP contribution is -2.42. The lowest BCUT2D eigenvalue weighted by molar-refractivity contribution is -0.133. The van der Waals surface area contributed by atoms with Crippen LogP contribution in [-0.4, -0.2) is 41.6 Å². The summed E-state index contributed by atoms with van der Waals surface area (Å²) in [5.74, 6) is 0.777. The maximum atomic E-state index is 13.1. The molecule has 0 atom stereocenters. The predicted octanol–water partition coefficient (Wildman–Crippen LogP) is 3.42. The Morgan fingerprint density at radius 1 is 1.00 bits per heavy atom. The molecule has 0 saturated carbocycles. The maximum absolute atomic E-state index is 13.1. The fourth-order valence-electron chi connectivity index (χ4n) is 4.22. The standard InChI is InChI=1S/C23H27N3O2.ClH/c1-2-24-15-17-11-13-25(14-12-17)22(27)16-26-20-9-5-3-7-18(20)23(28)19-8-4-6-10-21(19)26;/h3-10,17,24H,2,11-16H2,1H3;1H. The van der Waals surface area contributed by atoms with Gasteiger partial charge in [-0.3, -0.25) is 9.59 Å². The van der Waals surface area contributed by atoms with Gasteiger partial charge in [0.2, 0.25) is 5.91 Å². The zero-order chi connectivity index (χ0) is 19.5. The van der Waals surface area contributed by atoms with E-state index in [4.69, 9.17) is 0 Å². The topological polar surface area (TPSA) is 54.3 Å². The molecule has 3 aromatic rings. The molecule has 2 heterocycles. The first-order valence-corrected chi connectivity index (χ1v) is 10.2. The van der Waals surface area contributed by atoms with E-state index in [-0.39, 0.29) is 30.3 Å². The number of nitrogens with zero attached hydrogens (tertiary/aromatic N) is 2. The molecule has 1 aliphatic heterocycles. The highest BCUT2D eigenvalue weighted by molar-refractivity contribution is 5.94. The van der Waals surface area contributed by atoms with Gasteiger partial charge in [-0.05, 0) is 56.1 Å². The van der Waals surface area contributed by atoms with Crippen LogP contribution in [0.5, 0.6) is 0 Å². The van der Waals surface area contributed by atoms with Crippen LogP contribution in [0, 0.1) is 5.92 Å². The van der Waals surface area contributed by atoms with E-state index in [2.05, 4.69) is 12.2 Å². The summed E-state index contributed by atoms with van der Waals surface area (Å²) >= 11 is 0. The Morgan fingerprint density at radius 3 is 2.10 bits per heavy atom. The monoisotopic (exact) mass is 413 g/mol. The summed E-state index contributed by atoms with van der Waals surface area (Å²) in [6.45, 7) is 6.03. The van der Waals surface area contributed by atoms with Crippen molar-refractivity contribution < 1.29 is 4.79 Å². The van der Waals surface area contributed by atoms with Crippen molar-refractivity contribution >= 4 is 40.1 Å². The van der Waals surface area contributed by atoms with Crippen molar-refractivity contribution in [2.75, 3.05) is 26.2 Å². The van der Waals surface area contributed by atoms with E-state index in [0.29, 0.717) is 16.7 Å². The lowest BCUT2D eigenvalue weighted by Gasteiger charge is -2.32. The third kappa shape index (κ3) is 4.31. The number of aromatic nitrogens is 1. The van der Waals surface area contributed by atoms with E-state index in [0.717, 1.165) is 50.1 Å². The van der Waals surface area contributed by atoms with E-state index in [1.165, 1.54) is 0 Å². The summed E-state index contributed by atoms with van der Waals surface area (Å²) in [6.07, 6.45) is 2.09. The highest BCUT2D eigenvalue weighted by atomic mass is 35.5. The molecular formula is C23H28ClN3O2. The first kappa shape index (κ1) is 21.3. The molecule has 29 heavy (non-hydrogen) atoms. The smallest absolute Gasteiger partial charge is 0.242 e. The Morgan fingerprint density at radius 2 is 1.55 bits per heavy atom. The Balaban J connectivity index is 0.00000240. The van der Waals surface area contributed by atoms with Crippen molar-refractivity contribution in [1.82, 2.24) is 14.8 Å². The number of pyridine rings is 1. The number of rotatable bonds is 5. The second-order valence-electron chi connectivity index (χ2n) is 7.58. The van der Waals surface area contributed by atoms with E-state index in [1.54, 1.807) is 0 Å². The summed E-state index contributed by atoms with van der Waals surface area (Å²) in [7, 11) is 0. The van der Waals surface area contributed by atoms with Crippen molar-refractivity contribution in [3.05, 3.63) is 58.8 Å². The van der Waals surface area contributed by atoms with Gasteiger partial charge in [0.1, 0.15) is 6.54 Å². The molecule has 4 rings (SSSR count). The summed E-state index contributed by atoms with van der Waals surface area (Å²) in [5.41, 5.74) is 1.67. The molecule has 5 nitrogen and oxygen atoms in total. The van der Waals surface area contributed by atoms with Crippen molar-refractivity contribution in [2.45, 2.75) is 26.3 Å². The van der Waals surface area contributed by atoms with E-state index in [1.807, 2.05) is 58.0 Å². The van der Waals surface area contributed by atoms with Gasteiger partial charge in [0.15, 0.2) is 5.43 Å². The fraction of sp³-hybridized carbons (Fsp3) is 0.391. The van der Waals surface area contributed by atoms with Crippen LogP contribution in [0.4, 0.5) is 0 Å². The molecule has 154 valence electrons. The number of hydrogen-bond donors (Lipinski definition) is 1. The number of carbonyl (C=O) groups is 1. The van der Waals surface area contributed by atoms with Gasteiger partial charge in [0.05, 0.1) is 11.0 Å². The Labute approximate surface area is 177 Å². The van der Waals surface area contributed by atoms with E-state index >= 15 is 0 Å². The number of halogens is 1. The normalized spacial score (nSPS) is 14.9. The first-order chi connectivity index (χ1) is 13.7. The summed E-state index contributed by atoms with van der Waals surface area (Å²) in [4.78, 5) is 27.9. The second-order valence-corrected chi connectivity index (χ2v) is 7.58. The van der Waals surface area contributed by atoms with Gasteiger partial charge in [0, 0.05) is 23.9 Å². The van der Waals surface area contributed by atoms with E-state index in [9.17, 15) is 9.59 Å². The number of likely N-dealkylation sites (tertiary alicyclic amines) is 1. The molecule has 0 spiro atoms. The highest BCUT2D eigenvalue weighted by Crippen LogP contribution is 2.21. The number of piperidine rings is 1. The third-order valence-corrected chi connectivity index (χ3v) is 5.82. The largest absolute Gasteiger partial charge is 0.341 e. The number of nitrogens with one attached hydrogen (secondary N) is 1. The first-order valence-electron chi connectivity index (χ1n) is 10.2. The van der Waals surface area contributed by atoms with Crippen molar-refractivity contribution in [3.63, 3.8) is 0 Å². The van der Waals surface area contributed by atoms with E-state index < -0.39 is 0 Å². The molecule has 1 amide bonds. The van der Waals surface area contributed by atoms with Gasteiger partial charge < -0.3 is 14.8 Å². The van der Waals surface area contributed by atoms with Gasteiger partial charge in [0.25, 0.3) is 0 Å². The molecule has 1 fully saturated rings. The zero-order valence-corrected chi connectivity index (χ0v) is 17.6. The minimum atomic E-state index is 0. The Bertz CT molecular complexity index is 995. The molecule has 1 aromatic heterocycles. The highest BCUT2D eigenvalue weighted by Gasteiger charge is 2.23. The number of para-hydroxylation sites is 2. The fourth-order valence-corrected chi connectivity index (χ4v) is 4.22.